The summed E-state index contributed by atoms with van der Waals surface area (Å²) < 4.78 is 1.83. The Bertz CT molecular complexity index is 571. The maximum absolute atomic E-state index is 4.21. The van der Waals surface area contributed by atoms with Crippen molar-refractivity contribution < 1.29 is 0 Å². The van der Waals surface area contributed by atoms with Crippen LogP contribution in [-0.2, 0) is 13.5 Å². The normalized spacial score (nSPS) is 21.9. The number of aromatic nitrogens is 2. The third-order valence-corrected chi connectivity index (χ3v) is 3.77. The van der Waals surface area contributed by atoms with Gasteiger partial charge in [-0.25, -0.2) is 0 Å². The van der Waals surface area contributed by atoms with Crippen molar-refractivity contribution in [1.29, 1.82) is 0 Å². The van der Waals surface area contributed by atoms with Gasteiger partial charge in [0.2, 0.25) is 0 Å². The molecule has 0 saturated heterocycles. The lowest BCUT2D eigenvalue weighted by atomic mass is 10.0. The van der Waals surface area contributed by atoms with E-state index < -0.39 is 0 Å². The lowest BCUT2D eigenvalue weighted by molar-refractivity contribution is 0.542. The molecule has 1 aliphatic rings. The Kier molecular flexibility index (Phi) is 2.62. The average Bonchev–Trinajstić information content (AvgIpc) is 2.86. The zero-order chi connectivity index (χ0) is 12.7. The molecule has 18 heavy (non-hydrogen) atoms. The standard InChI is InChI=1S/C15H19N3/c1-10-4-5-12-7-11(2)15(14(12)6-10)17-13-8-16-18(3)9-13/h4-6,8-9,11,15,17H,7H2,1-3H3. The van der Waals surface area contributed by atoms with Gasteiger partial charge in [0, 0.05) is 13.2 Å². The Morgan fingerprint density at radius 1 is 1.39 bits per heavy atom. The summed E-state index contributed by atoms with van der Waals surface area (Å²) in [5, 5.41) is 7.82. The minimum Gasteiger partial charge on any atom is -0.375 e. The van der Waals surface area contributed by atoms with E-state index in [4.69, 9.17) is 0 Å². The highest BCUT2D eigenvalue weighted by molar-refractivity contribution is 5.47. The molecule has 0 bridgehead atoms. The van der Waals surface area contributed by atoms with E-state index in [1.54, 1.807) is 0 Å². The van der Waals surface area contributed by atoms with Crippen LogP contribution in [0.4, 0.5) is 5.69 Å². The maximum atomic E-state index is 4.21. The summed E-state index contributed by atoms with van der Waals surface area (Å²) in [6.45, 7) is 4.47. The van der Waals surface area contributed by atoms with Gasteiger partial charge in [0.05, 0.1) is 17.9 Å². The van der Waals surface area contributed by atoms with Crippen molar-refractivity contribution in [3.8, 4) is 0 Å². The Hall–Kier alpha value is -1.77. The van der Waals surface area contributed by atoms with Crippen LogP contribution in [0.3, 0.4) is 0 Å². The summed E-state index contributed by atoms with van der Waals surface area (Å²) in [6.07, 6.45) is 5.08. The second-order valence-electron chi connectivity index (χ2n) is 5.41. The highest BCUT2D eigenvalue weighted by atomic mass is 15.3. The first-order chi connectivity index (χ1) is 8.63. The van der Waals surface area contributed by atoms with Crippen molar-refractivity contribution >= 4 is 5.69 Å². The van der Waals surface area contributed by atoms with Gasteiger partial charge in [0.25, 0.3) is 0 Å². The Balaban J connectivity index is 1.91. The largest absolute Gasteiger partial charge is 0.375 e. The molecule has 3 rings (SSSR count). The van der Waals surface area contributed by atoms with Crippen LogP contribution in [0.1, 0.15) is 29.7 Å². The van der Waals surface area contributed by atoms with E-state index in [1.807, 2.05) is 24.1 Å². The molecule has 3 nitrogen and oxygen atoms in total. The van der Waals surface area contributed by atoms with Crippen molar-refractivity contribution in [2.24, 2.45) is 13.0 Å². The molecule has 1 aromatic heterocycles. The van der Waals surface area contributed by atoms with Crippen LogP contribution >= 0.6 is 0 Å². The minimum absolute atomic E-state index is 0.407. The van der Waals surface area contributed by atoms with Crippen LogP contribution in [0, 0.1) is 12.8 Å². The summed E-state index contributed by atoms with van der Waals surface area (Å²) in [6, 6.07) is 7.20. The van der Waals surface area contributed by atoms with E-state index in [0.717, 1.165) is 12.1 Å². The van der Waals surface area contributed by atoms with Crippen LogP contribution in [-0.4, -0.2) is 9.78 Å². The molecule has 1 N–H and O–H groups in total. The number of nitrogens with one attached hydrogen (secondary N) is 1. The topological polar surface area (TPSA) is 29.9 Å². The third kappa shape index (κ3) is 1.90. The highest BCUT2D eigenvalue weighted by Crippen LogP contribution is 2.38. The molecule has 3 heteroatoms. The first-order valence-electron chi connectivity index (χ1n) is 6.48. The molecular weight excluding hydrogens is 222 g/mol. The van der Waals surface area contributed by atoms with E-state index in [0.29, 0.717) is 12.0 Å². The zero-order valence-corrected chi connectivity index (χ0v) is 11.1. The fraction of sp³-hybridized carbons (Fsp3) is 0.400. The first-order valence-corrected chi connectivity index (χ1v) is 6.48. The summed E-state index contributed by atoms with van der Waals surface area (Å²) in [5.41, 5.74) is 5.37. The SMILES string of the molecule is Cc1ccc2c(c1)C(Nc1cnn(C)c1)C(C)C2. The molecule has 2 atom stereocenters. The summed E-state index contributed by atoms with van der Waals surface area (Å²) in [5.74, 6) is 0.627. The molecule has 0 fully saturated rings. The van der Waals surface area contributed by atoms with Gasteiger partial charge < -0.3 is 5.32 Å². The van der Waals surface area contributed by atoms with Crippen molar-refractivity contribution in [3.63, 3.8) is 0 Å². The molecule has 0 saturated carbocycles. The number of rotatable bonds is 2. The van der Waals surface area contributed by atoms with E-state index >= 15 is 0 Å². The molecule has 1 heterocycles. The quantitative estimate of drug-likeness (QED) is 0.875. The van der Waals surface area contributed by atoms with Gasteiger partial charge in [0.15, 0.2) is 0 Å². The average molecular weight is 241 g/mol. The third-order valence-electron chi connectivity index (χ3n) is 3.77. The van der Waals surface area contributed by atoms with Crippen molar-refractivity contribution in [3.05, 3.63) is 47.3 Å². The van der Waals surface area contributed by atoms with Crippen LogP contribution in [0.5, 0.6) is 0 Å². The number of hydrogen-bond acceptors (Lipinski definition) is 2. The lowest BCUT2D eigenvalue weighted by Crippen LogP contribution is -2.14. The molecule has 94 valence electrons. The smallest absolute Gasteiger partial charge is 0.0731 e. The summed E-state index contributed by atoms with van der Waals surface area (Å²) >= 11 is 0. The fourth-order valence-corrected chi connectivity index (χ4v) is 2.86. The molecule has 0 spiro atoms. The molecule has 0 amide bonds. The Morgan fingerprint density at radius 2 is 2.22 bits per heavy atom. The van der Waals surface area contributed by atoms with Gasteiger partial charge in [-0.05, 0) is 30.4 Å². The number of anilines is 1. The molecule has 2 unspecified atom stereocenters. The van der Waals surface area contributed by atoms with Gasteiger partial charge >= 0.3 is 0 Å². The van der Waals surface area contributed by atoms with E-state index in [-0.39, 0.29) is 0 Å². The monoisotopic (exact) mass is 241 g/mol. The minimum atomic E-state index is 0.407. The van der Waals surface area contributed by atoms with Crippen molar-refractivity contribution in [2.75, 3.05) is 5.32 Å². The predicted octanol–water partition coefficient (Wildman–Crippen LogP) is 3.07. The Labute approximate surface area is 108 Å². The van der Waals surface area contributed by atoms with Gasteiger partial charge in [-0.1, -0.05) is 30.7 Å². The van der Waals surface area contributed by atoms with E-state index in [1.165, 1.54) is 16.7 Å². The second kappa shape index (κ2) is 4.16. The maximum Gasteiger partial charge on any atom is 0.0731 e. The van der Waals surface area contributed by atoms with Crippen LogP contribution < -0.4 is 5.32 Å². The number of benzene rings is 1. The number of fused-ring (bicyclic) bond motifs is 1. The van der Waals surface area contributed by atoms with Gasteiger partial charge in [-0.2, -0.15) is 5.10 Å². The van der Waals surface area contributed by atoms with Crippen molar-refractivity contribution in [2.45, 2.75) is 26.3 Å². The number of nitrogens with zero attached hydrogens (tertiary/aromatic N) is 2. The fourth-order valence-electron chi connectivity index (χ4n) is 2.86. The van der Waals surface area contributed by atoms with Crippen LogP contribution in [0.15, 0.2) is 30.6 Å². The lowest BCUT2D eigenvalue weighted by Gasteiger charge is -2.19. The molecule has 1 aromatic carbocycles. The Morgan fingerprint density at radius 3 is 2.94 bits per heavy atom. The van der Waals surface area contributed by atoms with Crippen LogP contribution in [0.2, 0.25) is 0 Å². The van der Waals surface area contributed by atoms with Crippen LogP contribution in [0.25, 0.3) is 0 Å². The van der Waals surface area contributed by atoms with Gasteiger partial charge in [0.1, 0.15) is 0 Å². The summed E-state index contributed by atoms with van der Waals surface area (Å²) in [4.78, 5) is 0. The molecule has 1 aliphatic carbocycles. The van der Waals surface area contributed by atoms with E-state index in [9.17, 15) is 0 Å². The van der Waals surface area contributed by atoms with Gasteiger partial charge in [-0.3, -0.25) is 4.68 Å². The highest BCUT2D eigenvalue weighted by Gasteiger charge is 2.29. The molecule has 2 aromatic rings. The second-order valence-corrected chi connectivity index (χ2v) is 5.41. The van der Waals surface area contributed by atoms with E-state index in [2.05, 4.69) is 42.5 Å². The van der Waals surface area contributed by atoms with Gasteiger partial charge in [-0.15, -0.1) is 0 Å². The molecule has 0 aliphatic heterocycles. The number of aryl methyl sites for hydroxylation is 2. The first kappa shape index (κ1) is 11.3. The molecule has 0 radical (unpaired) electrons. The number of hydrogen-bond donors (Lipinski definition) is 1. The zero-order valence-electron chi connectivity index (χ0n) is 11.1. The van der Waals surface area contributed by atoms with Crippen molar-refractivity contribution in [1.82, 2.24) is 9.78 Å². The predicted molar refractivity (Wildman–Crippen MR) is 73.6 cm³/mol. The molecular formula is C15H19N3. The summed E-state index contributed by atoms with van der Waals surface area (Å²) in [7, 11) is 1.95.